The minimum atomic E-state index is 0. The molecule has 1 aromatic carbocycles. The van der Waals surface area contributed by atoms with Gasteiger partial charge >= 0.3 is 0 Å². The van der Waals surface area contributed by atoms with Crippen LogP contribution in [0.3, 0.4) is 0 Å². The maximum Gasteiger partial charge on any atom is 0.246 e. The maximum atomic E-state index is 5.96. The average molecular weight is 466 g/mol. The molecular formula is C15H21ClIN5O2. The van der Waals surface area contributed by atoms with Crippen molar-refractivity contribution in [3.05, 3.63) is 35.2 Å². The molecule has 2 rings (SSSR count). The van der Waals surface area contributed by atoms with Crippen molar-refractivity contribution >= 4 is 41.5 Å². The molecule has 2 aromatic rings. The van der Waals surface area contributed by atoms with Crippen molar-refractivity contribution in [2.24, 2.45) is 4.99 Å². The first-order valence-electron chi connectivity index (χ1n) is 7.17. The summed E-state index contributed by atoms with van der Waals surface area (Å²) in [5.41, 5.74) is 0.809. The molecule has 0 spiro atoms. The Labute approximate surface area is 163 Å². The van der Waals surface area contributed by atoms with E-state index >= 15 is 0 Å². The van der Waals surface area contributed by atoms with Gasteiger partial charge < -0.3 is 19.9 Å². The van der Waals surface area contributed by atoms with E-state index in [4.69, 9.17) is 20.9 Å². The number of nitrogens with zero attached hydrogens (tertiary/aromatic N) is 3. The first-order valence-corrected chi connectivity index (χ1v) is 7.54. The summed E-state index contributed by atoms with van der Waals surface area (Å²) >= 11 is 5.96. The number of hydrogen-bond donors (Lipinski definition) is 2. The Balaban J connectivity index is 0.00000288. The number of guanidine groups is 1. The number of hydrogen-bond acceptors (Lipinski definition) is 5. The molecule has 0 amide bonds. The first kappa shape index (κ1) is 20.7. The molecule has 0 saturated heterocycles. The highest BCUT2D eigenvalue weighted by molar-refractivity contribution is 14.0. The third-order valence-corrected chi connectivity index (χ3v) is 3.22. The summed E-state index contributed by atoms with van der Waals surface area (Å²) in [6, 6.07) is 7.44. The molecule has 24 heavy (non-hydrogen) atoms. The Hall–Kier alpha value is -1.39. The van der Waals surface area contributed by atoms with Gasteiger partial charge in [0.15, 0.2) is 5.96 Å². The lowest BCUT2D eigenvalue weighted by Gasteiger charge is -2.16. The van der Waals surface area contributed by atoms with Crippen LogP contribution in [0.15, 0.2) is 33.8 Å². The fourth-order valence-corrected chi connectivity index (χ4v) is 2.14. The van der Waals surface area contributed by atoms with Gasteiger partial charge in [-0.2, -0.15) is 4.98 Å². The van der Waals surface area contributed by atoms with E-state index in [1.807, 2.05) is 19.1 Å². The Kier molecular flexibility index (Phi) is 9.01. The highest BCUT2D eigenvalue weighted by atomic mass is 127. The number of aliphatic imine (C=N–C) groups is 1. The predicted octanol–water partition coefficient (Wildman–Crippen LogP) is 2.71. The van der Waals surface area contributed by atoms with Crippen LogP contribution >= 0.6 is 35.6 Å². The maximum absolute atomic E-state index is 5.96. The van der Waals surface area contributed by atoms with E-state index in [-0.39, 0.29) is 30.0 Å². The van der Waals surface area contributed by atoms with Crippen LogP contribution in [0.5, 0.6) is 0 Å². The van der Waals surface area contributed by atoms with Gasteiger partial charge in [0.05, 0.1) is 13.2 Å². The SMILES string of the molecule is CN=C(NCc1nc(-c2cccc(Cl)c2)no1)NC(C)COC.I. The second-order valence-corrected chi connectivity index (χ2v) is 5.38. The van der Waals surface area contributed by atoms with Gasteiger partial charge in [-0.25, -0.2) is 0 Å². The Bertz CT molecular complexity index is 665. The zero-order valence-corrected chi connectivity index (χ0v) is 16.8. The van der Waals surface area contributed by atoms with Gasteiger partial charge in [-0.1, -0.05) is 28.9 Å². The molecule has 0 aliphatic carbocycles. The summed E-state index contributed by atoms with van der Waals surface area (Å²) in [6.07, 6.45) is 0. The predicted molar refractivity (Wildman–Crippen MR) is 105 cm³/mol. The number of ether oxygens (including phenoxy) is 1. The molecule has 2 N–H and O–H groups in total. The number of benzene rings is 1. The third-order valence-electron chi connectivity index (χ3n) is 2.98. The second-order valence-electron chi connectivity index (χ2n) is 4.95. The topological polar surface area (TPSA) is 84.6 Å². The van der Waals surface area contributed by atoms with Crippen LogP contribution < -0.4 is 10.6 Å². The fourth-order valence-electron chi connectivity index (χ4n) is 1.95. The molecule has 1 heterocycles. The first-order chi connectivity index (χ1) is 11.1. The second kappa shape index (κ2) is 10.5. The molecule has 1 atom stereocenters. The molecular weight excluding hydrogens is 445 g/mol. The average Bonchev–Trinajstić information content (AvgIpc) is 3.00. The molecule has 1 unspecified atom stereocenters. The van der Waals surface area contributed by atoms with Crippen molar-refractivity contribution in [1.29, 1.82) is 0 Å². The highest BCUT2D eigenvalue weighted by Crippen LogP contribution is 2.19. The molecule has 0 bridgehead atoms. The Morgan fingerprint density at radius 1 is 1.46 bits per heavy atom. The third kappa shape index (κ3) is 6.25. The van der Waals surface area contributed by atoms with Crippen LogP contribution in [0.2, 0.25) is 5.02 Å². The lowest BCUT2D eigenvalue weighted by Crippen LogP contribution is -2.43. The molecule has 0 fully saturated rings. The van der Waals surface area contributed by atoms with Gasteiger partial charge in [-0.05, 0) is 19.1 Å². The van der Waals surface area contributed by atoms with E-state index < -0.39 is 0 Å². The summed E-state index contributed by atoms with van der Waals surface area (Å²) in [7, 11) is 3.35. The number of aromatic nitrogens is 2. The summed E-state index contributed by atoms with van der Waals surface area (Å²) in [5.74, 6) is 1.60. The standard InChI is InChI=1S/C15H20ClN5O2.HI/c1-10(9-22-3)19-15(17-2)18-8-13-20-14(21-23-13)11-5-4-6-12(16)7-11;/h4-7,10H,8-9H2,1-3H3,(H2,17,18,19);1H. The zero-order valence-electron chi connectivity index (χ0n) is 13.7. The van der Waals surface area contributed by atoms with E-state index in [0.717, 1.165) is 5.56 Å². The van der Waals surface area contributed by atoms with Crippen molar-refractivity contribution in [1.82, 2.24) is 20.8 Å². The quantitative estimate of drug-likeness (QED) is 0.388. The van der Waals surface area contributed by atoms with Gasteiger partial charge in [-0.15, -0.1) is 24.0 Å². The van der Waals surface area contributed by atoms with Crippen LogP contribution in [-0.2, 0) is 11.3 Å². The summed E-state index contributed by atoms with van der Waals surface area (Å²) in [5, 5.41) is 10.9. The number of halogens is 2. The number of rotatable bonds is 6. The highest BCUT2D eigenvalue weighted by Gasteiger charge is 2.10. The van der Waals surface area contributed by atoms with E-state index in [2.05, 4.69) is 25.8 Å². The van der Waals surface area contributed by atoms with Gasteiger partial charge in [-0.3, -0.25) is 4.99 Å². The van der Waals surface area contributed by atoms with Gasteiger partial charge in [0.1, 0.15) is 0 Å². The van der Waals surface area contributed by atoms with Crippen molar-refractivity contribution in [2.75, 3.05) is 20.8 Å². The van der Waals surface area contributed by atoms with E-state index in [1.54, 1.807) is 26.3 Å². The molecule has 0 radical (unpaired) electrons. The monoisotopic (exact) mass is 465 g/mol. The van der Waals surface area contributed by atoms with Crippen LogP contribution in [0.1, 0.15) is 12.8 Å². The fraction of sp³-hybridized carbons (Fsp3) is 0.400. The molecule has 0 saturated carbocycles. The molecule has 132 valence electrons. The lowest BCUT2D eigenvalue weighted by molar-refractivity contribution is 0.179. The van der Waals surface area contributed by atoms with Crippen molar-refractivity contribution in [3.8, 4) is 11.4 Å². The van der Waals surface area contributed by atoms with Crippen LogP contribution in [0, 0.1) is 0 Å². The van der Waals surface area contributed by atoms with E-state index in [0.29, 0.717) is 35.8 Å². The van der Waals surface area contributed by atoms with Gasteiger partial charge in [0.25, 0.3) is 0 Å². The largest absolute Gasteiger partial charge is 0.383 e. The lowest BCUT2D eigenvalue weighted by atomic mass is 10.2. The van der Waals surface area contributed by atoms with Crippen LogP contribution in [0.4, 0.5) is 0 Å². The van der Waals surface area contributed by atoms with Crippen molar-refractivity contribution in [2.45, 2.75) is 19.5 Å². The van der Waals surface area contributed by atoms with Gasteiger partial charge in [0.2, 0.25) is 11.7 Å². The number of nitrogens with one attached hydrogen (secondary N) is 2. The Morgan fingerprint density at radius 2 is 2.25 bits per heavy atom. The summed E-state index contributed by atoms with van der Waals surface area (Å²) in [4.78, 5) is 8.47. The minimum Gasteiger partial charge on any atom is -0.383 e. The van der Waals surface area contributed by atoms with Gasteiger partial charge in [0, 0.05) is 30.8 Å². The normalized spacial score (nSPS) is 12.4. The zero-order chi connectivity index (χ0) is 16.7. The molecule has 0 aliphatic rings. The smallest absolute Gasteiger partial charge is 0.246 e. The van der Waals surface area contributed by atoms with Crippen LogP contribution in [-0.4, -0.2) is 42.9 Å². The minimum absolute atomic E-state index is 0. The molecule has 1 aromatic heterocycles. The van der Waals surface area contributed by atoms with Crippen molar-refractivity contribution in [3.63, 3.8) is 0 Å². The van der Waals surface area contributed by atoms with Crippen molar-refractivity contribution < 1.29 is 9.26 Å². The van der Waals surface area contributed by atoms with E-state index in [9.17, 15) is 0 Å². The number of methoxy groups -OCH3 is 1. The van der Waals surface area contributed by atoms with E-state index in [1.165, 1.54) is 0 Å². The Morgan fingerprint density at radius 3 is 2.92 bits per heavy atom. The molecule has 0 aliphatic heterocycles. The summed E-state index contributed by atoms with van der Waals surface area (Å²) < 4.78 is 10.3. The van der Waals surface area contributed by atoms with Crippen LogP contribution in [0.25, 0.3) is 11.4 Å². The molecule has 9 heteroatoms. The summed E-state index contributed by atoms with van der Waals surface area (Å²) in [6.45, 7) is 2.95. The molecule has 7 nitrogen and oxygen atoms in total.